The molecule has 0 aliphatic heterocycles. The summed E-state index contributed by atoms with van der Waals surface area (Å²) in [6.07, 6.45) is 0. The molecule has 0 spiro atoms. The average Bonchev–Trinajstić information content (AvgIpc) is 2.65. The molecule has 2 rings (SSSR count). The number of methoxy groups -OCH3 is 1. The summed E-state index contributed by atoms with van der Waals surface area (Å²) in [5.41, 5.74) is 4.41. The maximum atomic E-state index is 6.04. The molecule has 5 heteroatoms. The predicted octanol–water partition coefficient (Wildman–Crippen LogP) is 3.87. The van der Waals surface area contributed by atoms with Crippen LogP contribution in [-0.4, -0.2) is 16.9 Å². The van der Waals surface area contributed by atoms with Gasteiger partial charge in [-0.25, -0.2) is 0 Å². The van der Waals surface area contributed by atoms with Crippen LogP contribution in [0.3, 0.4) is 0 Å². The molecule has 20 heavy (non-hydrogen) atoms. The van der Waals surface area contributed by atoms with E-state index in [1.54, 1.807) is 7.11 Å². The van der Waals surface area contributed by atoms with Gasteiger partial charge in [0.05, 0.1) is 23.9 Å². The Bertz CT molecular complexity index is 622. The standard InChI is InChI=1S/C15H20ClN3O/c1-9(15-10(2)18-19(4)11(15)3)17-12-6-7-13(16)14(8-12)20-5/h6-9,17H,1-5H3. The highest BCUT2D eigenvalue weighted by molar-refractivity contribution is 6.32. The third kappa shape index (κ3) is 2.75. The van der Waals surface area contributed by atoms with Crippen molar-refractivity contribution in [3.63, 3.8) is 0 Å². The number of anilines is 1. The summed E-state index contributed by atoms with van der Waals surface area (Å²) in [4.78, 5) is 0. The molecular weight excluding hydrogens is 274 g/mol. The molecule has 0 aliphatic carbocycles. The molecule has 1 heterocycles. The van der Waals surface area contributed by atoms with Crippen molar-refractivity contribution in [1.29, 1.82) is 0 Å². The van der Waals surface area contributed by atoms with E-state index in [1.165, 1.54) is 11.3 Å². The van der Waals surface area contributed by atoms with E-state index in [2.05, 4.69) is 24.3 Å². The Balaban J connectivity index is 2.25. The molecule has 0 radical (unpaired) electrons. The third-order valence-corrected chi connectivity index (χ3v) is 3.84. The number of hydrogen-bond acceptors (Lipinski definition) is 3. The first-order valence-corrected chi connectivity index (χ1v) is 6.92. The minimum absolute atomic E-state index is 0.162. The lowest BCUT2D eigenvalue weighted by atomic mass is 10.1. The van der Waals surface area contributed by atoms with Gasteiger partial charge < -0.3 is 10.1 Å². The van der Waals surface area contributed by atoms with Gasteiger partial charge in [-0.15, -0.1) is 0 Å². The van der Waals surface area contributed by atoms with Gasteiger partial charge in [0.15, 0.2) is 0 Å². The van der Waals surface area contributed by atoms with Crippen LogP contribution in [0.2, 0.25) is 5.02 Å². The molecule has 1 unspecified atom stereocenters. The van der Waals surface area contributed by atoms with Crippen molar-refractivity contribution >= 4 is 17.3 Å². The molecule has 1 N–H and O–H groups in total. The minimum Gasteiger partial charge on any atom is -0.495 e. The maximum Gasteiger partial charge on any atom is 0.139 e. The second kappa shape index (κ2) is 5.75. The number of benzene rings is 1. The van der Waals surface area contributed by atoms with Crippen LogP contribution in [0.5, 0.6) is 5.75 Å². The summed E-state index contributed by atoms with van der Waals surface area (Å²) in [6, 6.07) is 5.84. The van der Waals surface area contributed by atoms with Gasteiger partial charge in [0.1, 0.15) is 5.75 Å². The zero-order chi connectivity index (χ0) is 14.9. The van der Waals surface area contributed by atoms with Gasteiger partial charge in [0, 0.05) is 30.1 Å². The largest absolute Gasteiger partial charge is 0.495 e. The first-order valence-electron chi connectivity index (χ1n) is 6.54. The Morgan fingerprint density at radius 1 is 1.35 bits per heavy atom. The maximum absolute atomic E-state index is 6.04. The van der Waals surface area contributed by atoms with Crippen molar-refractivity contribution in [2.45, 2.75) is 26.8 Å². The van der Waals surface area contributed by atoms with Gasteiger partial charge in [-0.3, -0.25) is 4.68 Å². The molecule has 2 aromatic rings. The van der Waals surface area contributed by atoms with E-state index in [4.69, 9.17) is 16.3 Å². The van der Waals surface area contributed by atoms with Gasteiger partial charge in [0.2, 0.25) is 0 Å². The Labute approximate surface area is 124 Å². The number of rotatable bonds is 4. The van der Waals surface area contributed by atoms with E-state index < -0.39 is 0 Å². The number of halogens is 1. The van der Waals surface area contributed by atoms with E-state index in [-0.39, 0.29) is 6.04 Å². The molecule has 1 aromatic carbocycles. The van der Waals surface area contributed by atoms with Crippen LogP contribution in [0.25, 0.3) is 0 Å². The highest BCUT2D eigenvalue weighted by Crippen LogP contribution is 2.30. The van der Waals surface area contributed by atoms with E-state index in [0.29, 0.717) is 10.8 Å². The third-order valence-electron chi connectivity index (χ3n) is 3.53. The second-order valence-corrected chi connectivity index (χ2v) is 5.33. The minimum atomic E-state index is 0.162. The number of aromatic nitrogens is 2. The number of hydrogen-bond donors (Lipinski definition) is 1. The molecule has 108 valence electrons. The zero-order valence-electron chi connectivity index (χ0n) is 12.5. The molecule has 0 aliphatic rings. The van der Waals surface area contributed by atoms with Crippen LogP contribution >= 0.6 is 11.6 Å². The van der Waals surface area contributed by atoms with Crippen molar-refractivity contribution < 1.29 is 4.74 Å². The van der Waals surface area contributed by atoms with Crippen LogP contribution in [0.4, 0.5) is 5.69 Å². The van der Waals surface area contributed by atoms with Crippen molar-refractivity contribution in [3.05, 3.63) is 40.2 Å². The fourth-order valence-corrected chi connectivity index (χ4v) is 2.68. The molecular formula is C15H20ClN3O. The fraction of sp³-hybridized carbons (Fsp3) is 0.400. The summed E-state index contributed by atoms with van der Waals surface area (Å²) in [5.74, 6) is 0.670. The number of nitrogens with one attached hydrogen (secondary N) is 1. The van der Waals surface area contributed by atoms with Crippen LogP contribution in [-0.2, 0) is 7.05 Å². The Morgan fingerprint density at radius 3 is 2.60 bits per heavy atom. The van der Waals surface area contributed by atoms with Crippen LogP contribution in [0.15, 0.2) is 18.2 Å². The van der Waals surface area contributed by atoms with Gasteiger partial charge in [-0.05, 0) is 32.9 Å². The van der Waals surface area contributed by atoms with Gasteiger partial charge in [0.25, 0.3) is 0 Å². The topological polar surface area (TPSA) is 39.1 Å². The van der Waals surface area contributed by atoms with Crippen molar-refractivity contribution in [2.24, 2.45) is 7.05 Å². The van der Waals surface area contributed by atoms with Gasteiger partial charge in [-0.2, -0.15) is 5.10 Å². The average molecular weight is 294 g/mol. The summed E-state index contributed by atoms with van der Waals surface area (Å²) in [7, 11) is 3.58. The summed E-state index contributed by atoms with van der Waals surface area (Å²) in [5, 5.41) is 8.53. The molecule has 4 nitrogen and oxygen atoms in total. The fourth-order valence-electron chi connectivity index (χ4n) is 2.49. The summed E-state index contributed by atoms with van der Waals surface area (Å²) >= 11 is 6.04. The quantitative estimate of drug-likeness (QED) is 0.930. The van der Waals surface area contributed by atoms with Crippen molar-refractivity contribution in [3.8, 4) is 5.75 Å². The Kier molecular flexibility index (Phi) is 4.23. The Morgan fingerprint density at radius 2 is 2.05 bits per heavy atom. The van der Waals surface area contributed by atoms with Gasteiger partial charge >= 0.3 is 0 Å². The first kappa shape index (κ1) is 14.7. The number of nitrogens with zero attached hydrogens (tertiary/aromatic N) is 2. The first-order chi connectivity index (χ1) is 9.43. The SMILES string of the molecule is COc1cc(NC(C)c2c(C)nn(C)c2C)ccc1Cl. The molecule has 0 fully saturated rings. The summed E-state index contributed by atoms with van der Waals surface area (Å²) in [6.45, 7) is 6.23. The molecule has 0 bridgehead atoms. The van der Waals surface area contributed by atoms with Crippen LogP contribution in [0.1, 0.15) is 29.9 Å². The number of aryl methyl sites for hydroxylation is 2. The number of ether oxygens (including phenoxy) is 1. The smallest absolute Gasteiger partial charge is 0.139 e. The predicted molar refractivity (Wildman–Crippen MR) is 82.7 cm³/mol. The highest BCUT2D eigenvalue weighted by atomic mass is 35.5. The van der Waals surface area contributed by atoms with Gasteiger partial charge in [-0.1, -0.05) is 11.6 Å². The molecule has 1 aromatic heterocycles. The molecule has 0 saturated carbocycles. The highest BCUT2D eigenvalue weighted by Gasteiger charge is 2.16. The van der Waals surface area contributed by atoms with Crippen LogP contribution in [0, 0.1) is 13.8 Å². The normalized spacial score (nSPS) is 12.3. The van der Waals surface area contributed by atoms with E-state index in [1.807, 2.05) is 36.9 Å². The van der Waals surface area contributed by atoms with E-state index in [9.17, 15) is 0 Å². The monoisotopic (exact) mass is 293 g/mol. The lowest BCUT2D eigenvalue weighted by molar-refractivity contribution is 0.415. The van der Waals surface area contributed by atoms with E-state index >= 15 is 0 Å². The van der Waals surface area contributed by atoms with Crippen molar-refractivity contribution in [2.75, 3.05) is 12.4 Å². The lowest BCUT2D eigenvalue weighted by Crippen LogP contribution is -2.09. The Hall–Kier alpha value is -1.68. The van der Waals surface area contributed by atoms with E-state index in [0.717, 1.165) is 11.4 Å². The molecule has 1 atom stereocenters. The molecule has 0 saturated heterocycles. The zero-order valence-corrected chi connectivity index (χ0v) is 13.2. The lowest BCUT2D eigenvalue weighted by Gasteiger charge is -2.17. The second-order valence-electron chi connectivity index (χ2n) is 4.92. The summed E-state index contributed by atoms with van der Waals surface area (Å²) < 4.78 is 7.14. The molecule has 0 amide bonds. The van der Waals surface area contributed by atoms with Crippen molar-refractivity contribution in [1.82, 2.24) is 9.78 Å². The van der Waals surface area contributed by atoms with Crippen LogP contribution < -0.4 is 10.1 Å².